The molecule has 66 valence electrons. The first kappa shape index (κ1) is 8.07. The van der Waals surface area contributed by atoms with Gasteiger partial charge in [-0.25, -0.2) is 4.98 Å². The first-order valence-electron chi connectivity index (χ1n) is 3.80. The van der Waals surface area contributed by atoms with Crippen LogP contribution < -0.4 is 5.32 Å². The predicted octanol–water partition coefficient (Wildman–Crippen LogP) is 2.59. The number of anilines is 2. The number of aromatic hydroxyl groups is 1. The van der Waals surface area contributed by atoms with Gasteiger partial charge in [-0.15, -0.1) is 11.3 Å². The van der Waals surface area contributed by atoms with Crippen molar-refractivity contribution >= 4 is 22.2 Å². The summed E-state index contributed by atoms with van der Waals surface area (Å²) in [5.41, 5.74) is 0.843. The van der Waals surface area contributed by atoms with Gasteiger partial charge in [0.05, 0.1) is 0 Å². The molecule has 0 fully saturated rings. The van der Waals surface area contributed by atoms with Crippen LogP contribution in [0.2, 0.25) is 0 Å². The van der Waals surface area contributed by atoms with Gasteiger partial charge in [0.25, 0.3) is 0 Å². The van der Waals surface area contributed by atoms with Gasteiger partial charge in [0.2, 0.25) is 0 Å². The van der Waals surface area contributed by atoms with Crippen LogP contribution in [0.4, 0.5) is 10.8 Å². The number of nitrogens with zero attached hydrogens (tertiary/aromatic N) is 1. The highest BCUT2D eigenvalue weighted by Gasteiger charge is 1.96. The minimum atomic E-state index is 0.251. The molecule has 0 bridgehead atoms. The van der Waals surface area contributed by atoms with Gasteiger partial charge in [-0.3, -0.25) is 0 Å². The molecule has 2 N–H and O–H groups in total. The molecule has 0 aliphatic heterocycles. The monoisotopic (exact) mass is 192 g/mol. The molecule has 2 rings (SSSR count). The molecular weight excluding hydrogens is 184 g/mol. The normalized spacial score (nSPS) is 9.85. The highest BCUT2D eigenvalue weighted by Crippen LogP contribution is 2.21. The van der Waals surface area contributed by atoms with Crippen molar-refractivity contribution in [3.8, 4) is 5.75 Å². The lowest BCUT2D eigenvalue weighted by Gasteiger charge is -2.01. The van der Waals surface area contributed by atoms with Crippen molar-refractivity contribution in [2.24, 2.45) is 0 Å². The van der Waals surface area contributed by atoms with E-state index in [9.17, 15) is 5.11 Å². The lowest BCUT2D eigenvalue weighted by molar-refractivity contribution is 0.475. The summed E-state index contributed by atoms with van der Waals surface area (Å²) in [5.74, 6) is 0.251. The first-order valence-corrected chi connectivity index (χ1v) is 4.68. The van der Waals surface area contributed by atoms with Gasteiger partial charge in [0.1, 0.15) is 5.75 Å². The summed E-state index contributed by atoms with van der Waals surface area (Å²) in [6.45, 7) is 0. The molecular formula is C9H8N2OS. The molecule has 0 atom stereocenters. The van der Waals surface area contributed by atoms with E-state index in [2.05, 4.69) is 10.3 Å². The zero-order chi connectivity index (χ0) is 9.10. The Morgan fingerprint density at radius 2 is 2.31 bits per heavy atom. The van der Waals surface area contributed by atoms with Crippen molar-refractivity contribution in [3.63, 3.8) is 0 Å². The third-order valence-electron chi connectivity index (χ3n) is 1.53. The van der Waals surface area contributed by atoms with Crippen molar-refractivity contribution in [2.75, 3.05) is 5.32 Å². The van der Waals surface area contributed by atoms with Crippen LogP contribution in [0.5, 0.6) is 5.75 Å². The molecule has 0 amide bonds. The number of nitrogens with one attached hydrogen (secondary N) is 1. The lowest BCUT2D eigenvalue weighted by atomic mass is 10.3. The van der Waals surface area contributed by atoms with Crippen LogP contribution >= 0.6 is 11.3 Å². The number of hydrogen-bond acceptors (Lipinski definition) is 4. The van der Waals surface area contributed by atoms with E-state index in [1.54, 1.807) is 24.4 Å². The maximum atomic E-state index is 9.18. The van der Waals surface area contributed by atoms with Crippen molar-refractivity contribution in [3.05, 3.63) is 35.8 Å². The summed E-state index contributed by atoms with van der Waals surface area (Å²) in [7, 11) is 0. The van der Waals surface area contributed by atoms with Crippen molar-refractivity contribution in [1.82, 2.24) is 4.98 Å². The van der Waals surface area contributed by atoms with Crippen LogP contribution in [0, 0.1) is 0 Å². The van der Waals surface area contributed by atoms with E-state index in [-0.39, 0.29) is 5.75 Å². The molecule has 0 spiro atoms. The Morgan fingerprint density at radius 3 is 3.00 bits per heavy atom. The molecule has 0 aliphatic rings. The first-order chi connectivity index (χ1) is 6.34. The largest absolute Gasteiger partial charge is 0.508 e. The van der Waals surface area contributed by atoms with Gasteiger partial charge >= 0.3 is 0 Å². The van der Waals surface area contributed by atoms with Crippen LogP contribution in [0.15, 0.2) is 35.8 Å². The molecule has 1 aromatic heterocycles. The van der Waals surface area contributed by atoms with Gasteiger partial charge in [0, 0.05) is 23.3 Å². The van der Waals surface area contributed by atoms with Gasteiger partial charge in [-0.2, -0.15) is 0 Å². The fourth-order valence-electron chi connectivity index (χ4n) is 0.992. The second-order valence-electron chi connectivity index (χ2n) is 2.51. The van der Waals surface area contributed by atoms with Crippen molar-refractivity contribution in [2.45, 2.75) is 0 Å². The highest BCUT2D eigenvalue weighted by atomic mass is 32.1. The van der Waals surface area contributed by atoms with Gasteiger partial charge in [0.15, 0.2) is 5.13 Å². The third kappa shape index (κ3) is 1.97. The van der Waals surface area contributed by atoms with E-state index < -0.39 is 0 Å². The van der Waals surface area contributed by atoms with Crippen LogP contribution in [0.3, 0.4) is 0 Å². The molecule has 0 unspecified atom stereocenters. The molecule has 0 saturated heterocycles. The molecule has 0 saturated carbocycles. The minimum absolute atomic E-state index is 0.251. The fourth-order valence-corrected chi connectivity index (χ4v) is 1.54. The number of benzene rings is 1. The number of hydrogen-bond donors (Lipinski definition) is 2. The zero-order valence-corrected chi connectivity index (χ0v) is 7.58. The fraction of sp³-hybridized carbons (Fsp3) is 0. The van der Waals surface area contributed by atoms with E-state index in [0.717, 1.165) is 10.8 Å². The number of aromatic nitrogens is 1. The summed E-state index contributed by atoms with van der Waals surface area (Å²) < 4.78 is 0. The molecule has 3 nitrogen and oxygen atoms in total. The summed E-state index contributed by atoms with van der Waals surface area (Å²) >= 11 is 1.52. The summed E-state index contributed by atoms with van der Waals surface area (Å²) in [4.78, 5) is 4.07. The van der Waals surface area contributed by atoms with E-state index >= 15 is 0 Å². The maximum Gasteiger partial charge on any atom is 0.187 e. The van der Waals surface area contributed by atoms with E-state index in [1.807, 2.05) is 11.4 Å². The number of phenols is 1. The van der Waals surface area contributed by atoms with E-state index in [1.165, 1.54) is 11.3 Å². The van der Waals surface area contributed by atoms with Gasteiger partial charge in [-0.05, 0) is 12.1 Å². The Hall–Kier alpha value is -1.55. The summed E-state index contributed by atoms with van der Waals surface area (Å²) in [6.07, 6.45) is 1.73. The Labute approximate surface area is 79.7 Å². The molecule has 2 aromatic rings. The second-order valence-corrected chi connectivity index (χ2v) is 3.41. The zero-order valence-electron chi connectivity index (χ0n) is 6.77. The van der Waals surface area contributed by atoms with Crippen molar-refractivity contribution < 1.29 is 5.11 Å². The lowest BCUT2D eigenvalue weighted by Crippen LogP contribution is -1.87. The number of thiazole rings is 1. The average molecular weight is 192 g/mol. The maximum absolute atomic E-state index is 9.18. The molecule has 1 heterocycles. The highest BCUT2D eigenvalue weighted by molar-refractivity contribution is 7.13. The molecule has 4 heteroatoms. The Bertz CT molecular complexity index is 386. The molecule has 0 aliphatic carbocycles. The van der Waals surface area contributed by atoms with Crippen LogP contribution in [0.25, 0.3) is 0 Å². The molecule has 13 heavy (non-hydrogen) atoms. The average Bonchev–Trinajstić information content (AvgIpc) is 2.57. The second kappa shape index (κ2) is 3.45. The predicted molar refractivity (Wildman–Crippen MR) is 53.5 cm³/mol. The van der Waals surface area contributed by atoms with Crippen LogP contribution in [0.1, 0.15) is 0 Å². The Morgan fingerprint density at radius 1 is 1.38 bits per heavy atom. The van der Waals surface area contributed by atoms with Crippen molar-refractivity contribution in [1.29, 1.82) is 0 Å². The summed E-state index contributed by atoms with van der Waals surface area (Å²) in [6, 6.07) is 6.95. The number of rotatable bonds is 2. The third-order valence-corrected chi connectivity index (χ3v) is 2.22. The van der Waals surface area contributed by atoms with Gasteiger partial charge in [-0.1, -0.05) is 6.07 Å². The summed E-state index contributed by atoms with van der Waals surface area (Å²) in [5, 5.41) is 15.0. The smallest absolute Gasteiger partial charge is 0.187 e. The SMILES string of the molecule is Oc1cccc(Nc2nccs2)c1. The van der Waals surface area contributed by atoms with E-state index in [0.29, 0.717) is 0 Å². The van der Waals surface area contributed by atoms with Crippen LogP contribution in [-0.2, 0) is 0 Å². The quantitative estimate of drug-likeness (QED) is 0.768. The Kier molecular flexibility index (Phi) is 2.14. The molecule has 0 radical (unpaired) electrons. The number of phenolic OH excluding ortho intramolecular Hbond substituents is 1. The molecule has 1 aromatic carbocycles. The van der Waals surface area contributed by atoms with Crippen LogP contribution in [-0.4, -0.2) is 10.1 Å². The minimum Gasteiger partial charge on any atom is -0.508 e. The van der Waals surface area contributed by atoms with Gasteiger partial charge < -0.3 is 10.4 Å². The topological polar surface area (TPSA) is 45.1 Å². The van der Waals surface area contributed by atoms with E-state index in [4.69, 9.17) is 0 Å². The standard InChI is InChI=1S/C9H8N2OS/c12-8-3-1-2-7(6-8)11-9-10-4-5-13-9/h1-6,12H,(H,10,11). The Balaban J connectivity index is 2.19.